The molecular formula is C22H28N2O2. The zero-order chi connectivity index (χ0) is 18.6. The lowest BCUT2D eigenvalue weighted by atomic mass is 10.0. The van der Waals surface area contributed by atoms with Crippen LogP contribution in [0.2, 0.25) is 0 Å². The Kier molecular flexibility index (Phi) is 5.62. The molecule has 0 bridgehead atoms. The van der Waals surface area contributed by atoms with E-state index in [0.29, 0.717) is 13.2 Å². The van der Waals surface area contributed by atoms with Gasteiger partial charge in [0.2, 0.25) is 5.91 Å². The van der Waals surface area contributed by atoms with Gasteiger partial charge in [-0.1, -0.05) is 48.0 Å². The first-order valence-electron chi connectivity index (χ1n) is 9.18. The third kappa shape index (κ3) is 4.64. The van der Waals surface area contributed by atoms with Crippen LogP contribution < -0.4 is 10.1 Å². The van der Waals surface area contributed by atoms with Crippen LogP contribution in [0.1, 0.15) is 30.0 Å². The van der Waals surface area contributed by atoms with Crippen molar-refractivity contribution in [3.05, 3.63) is 65.7 Å². The van der Waals surface area contributed by atoms with Gasteiger partial charge in [0.15, 0.2) is 0 Å². The average molecular weight is 352 g/mol. The molecule has 4 heteroatoms. The van der Waals surface area contributed by atoms with Gasteiger partial charge >= 0.3 is 0 Å². The molecule has 1 unspecified atom stereocenters. The normalized spacial score (nSPS) is 16.2. The summed E-state index contributed by atoms with van der Waals surface area (Å²) in [6.45, 7) is 3.36. The summed E-state index contributed by atoms with van der Waals surface area (Å²) in [5.41, 5.74) is 2.29. The number of nitrogens with one attached hydrogen (secondary N) is 1. The standard InChI is InChI=1S/C22H28N2O2/c1-17-9-11-18(12-10-17)20(24(2)3)21(25)23-15-22(13-14-22)16-26-19-7-5-4-6-8-19/h4-12,20H,13-16H2,1-3H3,(H,23,25). The van der Waals surface area contributed by atoms with Crippen LogP contribution in [-0.4, -0.2) is 38.1 Å². The maximum atomic E-state index is 12.8. The number of benzene rings is 2. The quantitative estimate of drug-likeness (QED) is 0.790. The van der Waals surface area contributed by atoms with Gasteiger partial charge in [0.25, 0.3) is 0 Å². The fourth-order valence-corrected chi connectivity index (χ4v) is 3.11. The highest BCUT2D eigenvalue weighted by Gasteiger charge is 2.44. The lowest BCUT2D eigenvalue weighted by molar-refractivity contribution is -0.126. The van der Waals surface area contributed by atoms with Gasteiger partial charge in [-0.15, -0.1) is 0 Å². The van der Waals surface area contributed by atoms with Crippen LogP contribution in [0.4, 0.5) is 0 Å². The summed E-state index contributed by atoms with van der Waals surface area (Å²) in [6, 6.07) is 17.7. The number of aryl methyl sites for hydroxylation is 1. The van der Waals surface area contributed by atoms with E-state index < -0.39 is 0 Å². The zero-order valence-electron chi connectivity index (χ0n) is 15.9. The van der Waals surface area contributed by atoms with Crippen molar-refractivity contribution in [2.45, 2.75) is 25.8 Å². The number of nitrogens with zero attached hydrogens (tertiary/aromatic N) is 1. The summed E-state index contributed by atoms with van der Waals surface area (Å²) in [5, 5.41) is 3.16. The molecule has 26 heavy (non-hydrogen) atoms. The Bertz CT molecular complexity index is 722. The van der Waals surface area contributed by atoms with E-state index in [2.05, 4.69) is 24.4 Å². The lowest BCUT2D eigenvalue weighted by Crippen LogP contribution is -2.40. The molecule has 0 aromatic heterocycles. The molecule has 1 fully saturated rings. The molecule has 2 aromatic rings. The van der Waals surface area contributed by atoms with Crippen LogP contribution in [0.5, 0.6) is 5.75 Å². The number of amides is 1. The Labute approximate surface area is 156 Å². The molecule has 0 radical (unpaired) electrons. The van der Waals surface area contributed by atoms with E-state index in [1.165, 1.54) is 5.56 Å². The minimum atomic E-state index is -0.276. The molecule has 2 aromatic carbocycles. The summed E-state index contributed by atoms with van der Waals surface area (Å²) in [5.74, 6) is 0.931. The highest BCUT2D eigenvalue weighted by molar-refractivity contribution is 5.83. The molecule has 0 spiro atoms. The van der Waals surface area contributed by atoms with Crippen molar-refractivity contribution in [3.8, 4) is 5.75 Å². The molecule has 1 amide bonds. The molecule has 1 atom stereocenters. The van der Waals surface area contributed by atoms with E-state index in [-0.39, 0.29) is 17.4 Å². The second-order valence-electron chi connectivity index (χ2n) is 7.60. The molecule has 0 saturated heterocycles. The molecular weight excluding hydrogens is 324 g/mol. The van der Waals surface area contributed by atoms with Crippen LogP contribution >= 0.6 is 0 Å². The summed E-state index contributed by atoms with van der Waals surface area (Å²) in [4.78, 5) is 14.8. The number of rotatable bonds is 8. The second kappa shape index (κ2) is 7.92. The molecule has 138 valence electrons. The summed E-state index contributed by atoms with van der Waals surface area (Å²) in [7, 11) is 3.88. The van der Waals surface area contributed by atoms with Crippen molar-refractivity contribution < 1.29 is 9.53 Å². The zero-order valence-corrected chi connectivity index (χ0v) is 15.9. The minimum absolute atomic E-state index is 0.0461. The second-order valence-corrected chi connectivity index (χ2v) is 7.60. The fourth-order valence-electron chi connectivity index (χ4n) is 3.11. The molecule has 3 rings (SSSR count). The smallest absolute Gasteiger partial charge is 0.241 e. The molecule has 1 N–H and O–H groups in total. The van der Waals surface area contributed by atoms with Gasteiger partial charge in [0, 0.05) is 12.0 Å². The number of likely N-dealkylation sites (N-methyl/N-ethyl adjacent to an activating group) is 1. The first-order valence-corrected chi connectivity index (χ1v) is 9.18. The van der Waals surface area contributed by atoms with E-state index in [1.807, 2.05) is 61.5 Å². The largest absolute Gasteiger partial charge is 0.493 e. The highest BCUT2D eigenvalue weighted by atomic mass is 16.5. The monoisotopic (exact) mass is 352 g/mol. The highest BCUT2D eigenvalue weighted by Crippen LogP contribution is 2.45. The number of ether oxygens (including phenoxy) is 1. The lowest BCUT2D eigenvalue weighted by Gasteiger charge is -2.25. The SMILES string of the molecule is Cc1ccc(C(C(=O)NCC2(COc3ccccc3)CC2)N(C)C)cc1. The van der Waals surface area contributed by atoms with E-state index in [4.69, 9.17) is 4.74 Å². The predicted octanol–water partition coefficient (Wildman–Crippen LogP) is 3.57. The van der Waals surface area contributed by atoms with Crippen LogP contribution in [0.15, 0.2) is 54.6 Å². The van der Waals surface area contributed by atoms with Crippen LogP contribution in [0.3, 0.4) is 0 Å². The van der Waals surface area contributed by atoms with Crippen molar-refractivity contribution >= 4 is 5.91 Å². The van der Waals surface area contributed by atoms with Crippen LogP contribution in [0.25, 0.3) is 0 Å². The third-order valence-electron chi connectivity index (χ3n) is 5.04. The topological polar surface area (TPSA) is 41.6 Å². The Hall–Kier alpha value is -2.33. The molecule has 0 heterocycles. The van der Waals surface area contributed by atoms with Crippen molar-refractivity contribution in [2.75, 3.05) is 27.2 Å². The van der Waals surface area contributed by atoms with Crippen molar-refractivity contribution in [1.29, 1.82) is 0 Å². The summed E-state index contributed by atoms with van der Waals surface area (Å²) >= 11 is 0. The number of hydrogen-bond donors (Lipinski definition) is 1. The van der Waals surface area contributed by atoms with Gasteiger partial charge < -0.3 is 10.1 Å². The average Bonchev–Trinajstić information content (AvgIpc) is 3.41. The molecule has 4 nitrogen and oxygen atoms in total. The molecule has 1 aliphatic rings. The molecule has 1 aliphatic carbocycles. The van der Waals surface area contributed by atoms with Crippen molar-refractivity contribution in [2.24, 2.45) is 5.41 Å². The third-order valence-corrected chi connectivity index (χ3v) is 5.04. The van der Waals surface area contributed by atoms with Crippen LogP contribution in [-0.2, 0) is 4.79 Å². The summed E-state index contributed by atoms with van der Waals surface area (Å²) < 4.78 is 5.91. The Morgan fingerprint density at radius 3 is 2.35 bits per heavy atom. The number of carbonyl (C=O) groups is 1. The van der Waals surface area contributed by atoms with E-state index in [1.54, 1.807) is 0 Å². The van der Waals surface area contributed by atoms with Gasteiger partial charge in [-0.05, 0) is 51.6 Å². The molecule has 0 aliphatic heterocycles. The maximum absolute atomic E-state index is 12.8. The first-order chi connectivity index (χ1) is 12.5. The van der Waals surface area contributed by atoms with Gasteiger partial charge in [0.1, 0.15) is 11.8 Å². The van der Waals surface area contributed by atoms with Crippen LogP contribution in [0, 0.1) is 12.3 Å². The predicted molar refractivity (Wildman–Crippen MR) is 104 cm³/mol. The molecule has 1 saturated carbocycles. The fraction of sp³-hybridized carbons (Fsp3) is 0.409. The number of carbonyl (C=O) groups excluding carboxylic acids is 1. The summed E-state index contributed by atoms with van der Waals surface area (Å²) in [6.07, 6.45) is 2.19. The Morgan fingerprint density at radius 1 is 1.12 bits per heavy atom. The Balaban J connectivity index is 1.57. The number of hydrogen-bond acceptors (Lipinski definition) is 3. The minimum Gasteiger partial charge on any atom is -0.493 e. The number of para-hydroxylation sites is 1. The van der Waals surface area contributed by atoms with Gasteiger partial charge in [-0.3, -0.25) is 9.69 Å². The van der Waals surface area contributed by atoms with E-state index in [0.717, 1.165) is 24.2 Å². The van der Waals surface area contributed by atoms with E-state index >= 15 is 0 Å². The van der Waals surface area contributed by atoms with Gasteiger partial charge in [0.05, 0.1) is 6.61 Å². The van der Waals surface area contributed by atoms with Crippen molar-refractivity contribution in [3.63, 3.8) is 0 Å². The van der Waals surface area contributed by atoms with Crippen molar-refractivity contribution in [1.82, 2.24) is 10.2 Å². The van der Waals surface area contributed by atoms with Gasteiger partial charge in [-0.25, -0.2) is 0 Å². The first kappa shape index (κ1) is 18.5. The van der Waals surface area contributed by atoms with Gasteiger partial charge in [-0.2, -0.15) is 0 Å². The van der Waals surface area contributed by atoms with E-state index in [9.17, 15) is 4.79 Å². The maximum Gasteiger partial charge on any atom is 0.241 e. The Morgan fingerprint density at radius 2 is 1.77 bits per heavy atom.